The summed E-state index contributed by atoms with van der Waals surface area (Å²) in [5.74, 6) is -0.838. The van der Waals surface area contributed by atoms with Crippen molar-refractivity contribution in [2.24, 2.45) is 5.92 Å². The van der Waals surface area contributed by atoms with Crippen molar-refractivity contribution in [3.8, 4) is 0 Å². The number of ether oxygens (including phenoxy) is 2. The summed E-state index contributed by atoms with van der Waals surface area (Å²) in [4.78, 5) is 31.3. The van der Waals surface area contributed by atoms with Gasteiger partial charge in [0.1, 0.15) is 24.7 Å². The van der Waals surface area contributed by atoms with Crippen molar-refractivity contribution in [1.29, 1.82) is 0 Å². The standard InChI is InChI=1S/C31H42ClFN2O4S2/c1-21-11-12-23(33)18-26(21)29-25(13-14-27(40)34(29)19-28(36)39-31(2,3)4)30(37)35(20-38-15-16-41(5,6)7)24-10-8-9-22(32)17-24/h8-12,17-18,25,29H,13-16,19-20H2,1-7H3/t25?,29-/m0/s1. The third-order valence-electron chi connectivity index (χ3n) is 6.75. The Morgan fingerprint density at radius 2 is 1.88 bits per heavy atom. The molecular weight excluding hydrogens is 583 g/mol. The minimum absolute atomic E-state index is 0.0383. The number of carbonyl (C=O) groups excluding carboxylic acids is 2. The first-order chi connectivity index (χ1) is 19.1. The summed E-state index contributed by atoms with van der Waals surface area (Å²) < 4.78 is 26.3. The number of carbonyl (C=O) groups is 2. The third kappa shape index (κ3) is 9.66. The van der Waals surface area contributed by atoms with E-state index in [1.165, 1.54) is 12.1 Å². The number of piperidine rings is 1. The normalized spacial score (nSPS) is 18.3. The molecule has 1 unspecified atom stereocenters. The van der Waals surface area contributed by atoms with Crippen LogP contribution in [0.2, 0.25) is 5.02 Å². The number of hydrogen-bond acceptors (Lipinski definition) is 5. The first kappa shape index (κ1) is 33.3. The minimum atomic E-state index is -0.776. The largest absolute Gasteiger partial charge is 0.459 e. The summed E-state index contributed by atoms with van der Waals surface area (Å²) >= 11 is 12.1. The van der Waals surface area contributed by atoms with E-state index in [1.807, 2.05) is 13.0 Å². The lowest BCUT2D eigenvalue weighted by molar-refractivity contribution is -0.156. The highest BCUT2D eigenvalue weighted by Crippen LogP contribution is 2.41. The van der Waals surface area contributed by atoms with Gasteiger partial charge in [-0.2, -0.15) is 0 Å². The van der Waals surface area contributed by atoms with Gasteiger partial charge in [0.2, 0.25) is 5.91 Å². The van der Waals surface area contributed by atoms with Crippen LogP contribution in [0, 0.1) is 18.7 Å². The maximum Gasteiger partial charge on any atom is 0.326 e. The fourth-order valence-corrected chi connectivity index (χ4v) is 5.90. The van der Waals surface area contributed by atoms with Crippen molar-refractivity contribution in [2.45, 2.75) is 52.2 Å². The molecule has 2 aromatic carbocycles. The Labute approximate surface area is 255 Å². The molecule has 1 aliphatic rings. The topological polar surface area (TPSA) is 59.1 Å². The summed E-state index contributed by atoms with van der Waals surface area (Å²) in [5, 5.41) is 0.494. The fraction of sp³-hybridized carbons (Fsp3) is 0.516. The Morgan fingerprint density at radius 3 is 2.51 bits per heavy atom. The summed E-state index contributed by atoms with van der Waals surface area (Å²) in [6.45, 7) is 7.65. The van der Waals surface area contributed by atoms with Gasteiger partial charge < -0.3 is 14.4 Å². The van der Waals surface area contributed by atoms with Gasteiger partial charge >= 0.3 is 5.97 Å². The Balaban J connectivity index is 2.03. The van der Waals surface area contributed by atoms with Gasteiger partial charge in [-0.15, -0.1) is 0 Å². The summed E-state index contributed by atoms with van der Waals surface area (Å²) in [7, 11) is -0.776. The Bertz CT molecular complexity index is 1260. The Morgan fingerprint density at radius 1 is 1.17 bits per heavy atom. The van der Waals surface area contributed by atoms with E-state index >= 15 is 0 Å². The van der Waals surface area contributed by atoms with E-state index in [4.69, 9.17) is 33.3 Å². The Kier molecular flexibility index (Phi) is 11.2. The van der Waals surface area contributed by atoms with E-state index in [0.29, 0.717) is 40.7 Å². The van der Waals surface area contributed by atoms with E-state index in [-0.39, 0.29) is 19.2 Å². The molecule has 1 saturated heterocycles. The second-order valence-corrected chi connectivity index (χ2v) is 17.8. The predicted octanol–water partition coefficient (Wildman–Crippen LogP) is 6.91. The SMILES string of the molecule is Cc1ccc(F)cc1[C@@H]1C(C(=O)N(COCCS(C)(C)C)c2cccc(Cl)c2)CCC(=S)N1CC(=O)OC(C)(C)C. The number of amides is 1. The number of hydrogen-bond donors (Lipinski definition) is 0. The van der Waals surface area contributed by atoms with Crippen LogP contribution in [0.4, 0.5) is 10.1 Å². The van der Waals surface area contributed by atoms with E-state index in [0.717, 1.165) is 11.3 Å². The monoisotopic (exact) mass is 624 g/mol. The van der Waals surface area contributed by atoms with Crippen molar-refractivity contribution < 1.29 is 23.5 Å². The smallest absolute Gasteiger partial charge is 0.326 e. The van der Waals surface area contributed by atoms with E-state index in [9.17, 15) is 14.0 Å². The number of thiocarbonyl (C=S) groups is 1. The lowest BCUT2D eigenvalue weighted by Crippen LogP contribution is -2.51. The number of esters is 1. The quantitative estimate of drug-likeness (QED) is 0.124. The zero-order valence-corrected chi connectivity index (χ0v) is 27.4. The first-order valence-corrected chi connectivity index (χ1v) is 17.4. The molecule has 2 atom stereocenters. The van der Waals surface area contributed by atoms with Crippen LogP contribution < -0.4 is 4.90 Å². The van der Waals surface area contributed by atoms with Gasteiger partial charge in [0, 0.05) is 16.5 Å². The highest BCUT2D eigenvalue weighted by Gasteiger charge is 2.43. The maximum atomic E-state index is 14.6. The molecule has 0 radical (unpaired) electrons. The van der Waals surface area contributed by atoms with Crippen LogP contribution in [0.25, 0.3) is 0 Å². The zero-order chi connectivity index (χ0) is 30.5. The van der Waals surface area contributed by atoms with Crippen molar-refractivity contribution in [2.75, 3.05) is 49.3 Å². The predicted molar refractivity (Wildman–Crippen MR) is 172 cm³/mol. The molecule has 3 rings (SSSR count). The van der Waals surface area contributed by atoms with Crippen LogP contribution in [0.15, 0.2) is 42.5 Å². The average molecular weight is 625 g/mol. The molecule has 0 aromatic heterocycles. The molecule has 1 fully saturated rings. The Hall–Kier alpha value is -2.20. The molecule has 1 aliphatic heterocycles. The molecule has 0 saturated carbocycles. The summed E-state index contributed by atoms with van der Waals surface area (Å²) in [6.07, 6.45) is 7.51. The van der Waals surface area contributed by atoms with Gasteiger partial charge in [-0.25, -0.2) is 14.4 Å². The summed E-state index contributed by atoms with van der Waals surface area (Å²) in [5.41, 5.74) is 1.32. The first-order valence-electron chi connectivity index (χ1n) is 13.6. The molecule has 0 bridgehead atoms. The van der Waals surface area contributed by atoms with Gasteiger partial charge in [-0.3, -0.25) is 14.5 Å². The van der Waals surface area contributed by atoms with Gasteiger partial charge in [0.25, 0.3) is 0 Å². The number of nitrogens with zero attached hydrogens (tertiary/aromatic N) is 2. The van der Waals surface area contributed by atoms with Crippen molar-refractivity contribution >= 4 is 56.4 Å². The highest BCUT2D eigenvalue weighted by atomic mass is 35.5. The molecule has 0 spiro atoms. The molecule has 6 nitrogen and oxygen atoms in total. The number of likely N-dealkylation sites (tertiary alicyclic amines) is 1. The van der Waals surface area contributed by atoms with E-state index in [2.05, 4.69) is 18.8 Å². The second kappa shape index (κ2) is 13.8. The van der Waals surface area contributed by atoms with E-state index < -0.39 is 39.4 Å². The number of rotatable bonds is 10. The zero-order valence-electron chi connectivity index (χ0n) is 25.0. The molecule has 2 aromatic rings. The molecule has 1 heterocycles. The minimum Gasteiger partial charge on any atom is -0.459 e. The van der Waals surface area contributed by atoms with Crippen molar-refractivity contribution in [3.05, 3.63) is 64.4 Å². The van der Waals surface area contributed by atoms with Crippen LogP contribution >= 0.6 is 33.8 Å². The van der Waals surface area contributed by atoms with Crippen LogP contribution in [0.5, 0.6) is 0 Å². The molecule has 226 valence electrons. The fourth-order valence-electron chi connectivity index (χ4n) is 4.80. The molecule has 0 N–H and O–H groups in total. The van der Waals surface area contributed by atoms with Crippen molar-refractivity contribution in [3.63, 3.8) is 0 Å². The number of halogens is 2. The average Bonchev–Trinajstić information content (AvgIpc) is 2.84. The molecule has 10 heteroatoms. The molecular formula is C31H42ClFN2O4S2. The number of aryl methyl sites for hydroxylation is 1. The number of benzene rings is 2. The van der Waals surface area contributed by atoms with Gasteiger partial charge in [-0.05, 0) is 101 Å². The lowest BCUT2D eigenvalue weighted by Gasteiger charge is -2.44. The van der Waals surface area contributed by atoms with Gasteiger partial charge in [0.05, 0.1) is 23.6 Å². The molecule has 41 heavy (non-hydrogen) atoms. The molecule has 1 amide bonds. The highest BCUT2D eigenvalue weighted by molar-refractivity contribution is 8.32. The van der Waals surface area contributed by atoms with Crippen LogP contribution in [-0.2, 0) is 19.1 Å². The van der Waals surface area contributed by atoms with Gasteiger partial charge in [0.15, 0.2) is 0 Å². The van der Waals surface area contributed by atoms with Crippen molar-refractivity contribution in [1.82, 2.24) is 4.90 Å². The van der Waals surface area contributed by atoms with E-state index in [1.54, 1.807) is 54.8 Å². The van der Waals surface area contributed by atoms with Crippen LogP contribution in [-0.4, -0.2) is 71.8 Å². The third-order valence-corrected chi connectivity index (χ3v) is 8.81. The molecule has 0 aliphatic carbocycles. The lowest BCUT2D eigenvalue weighted by atomic mass is 9.81. The second-order valence-electron chi connectivity index (χ2n) is 12.3. The number of anilines is 1. The maximum absolute atomic E-state index is 14.6. The van der Waals surface area contributed by atoms with Gasteiger partial charge in [-0.1, -0.05) is 36.0 Å². The van der Waals surface area contributed by atoms with Crippen LogP contribution in [0.1, 0.15) is 50.8 Å². The van der Waals surface area contributed by atoms with Crippen LogP contribution in [0.3, 0.4) is 0 Å². The summed E-state index contributed by atoms with van der Waals surface area (Å²) in [6, 6.07) is 10.9.